The monoisotopic (exact) mass is 293 g/mol. The molecule has 0 bridgehead atoms. The predicted molar refractivity (Wildman–Crippen MR) is 80.7 cm³/mol. The SMILES string of the molecule is CCC1CCCCN1CN1C(=O)NC2(CCCCC2)C1=O. The number of carbonyl (C=O) groups is 2. The van der Waals surface area contributed by atoms with Crippen LogP contribution in [0.25, 0.3) is 0 Å². The lowest BCUT2D eigenvalue weighted by atomic mass is 9.82. The van der Waals surface area contributed by atoms with Gasteiger partial charge < -0.3 is 5.32 Å². The summed E-state index contributed by atoms with van der Waals surface area (Å²) < 4.78 is 0. The molecule has 1 unspecified atom stereocenters. The fourth-order valence-electron chi connectivity index (χ4n) is 4.19. The second-order valence-electron chi connectivity index (χ2n) is 6.82. The zero-order valence-electron chi connectivity index (χ0n) is 13.1. The van der Waals surface area contributed by atoms with Gasteiger partial charge in [0.2, 0.25) is 0 Å². The van der Waals surface area contributed by atoms with Crippen LogP contribution in [0.2, 0.25) is 0 Å². The first kappa shape index (κ1) is 14.8. The summed E-state index contributed by atoms with van der Waals surface area (Å²) in [5.41, 5.74) is -0.577. The number of urea groups is 1. The van der Waals surface area contributed by atoms with E-state index in [4.69, 9.17) is 0 Å². The maximum Gasteiger partial charge on any atom is 0.326 e. The van der Waals surface area contributed by atoms with E-state index in [-0.39, 0.29) is 11.9 Å². The van der Waals surface area contributed by atoms with Gasteiger partial charge in [0, 0.05) is 12.6 Å². The van der Waals surface area contributed by atoms with E-state index in [1.807, 2.05) is 0 Å². The molecule has 1 N–H and O–H groups in total. The van der Waals surface area contributed by atoms with Gasteiger partial charge in [-0.25, -0.2) is 9.69 Å². The molecule has 3 fully saturated rings. The van der Waals surface area contributed by atoms with Crippen molar-refractivity contribution in [3.8, 4) is 0 Å². The van der Waals surface area contributed by atoms with Crippen molar-refractivity contribution in [2.45, 2.75) is 76.3 Å². The van der Waals surface area contributed by atoms with E-state index >= 15 is 0 Å². The average molecular weight is 293 g/mol. The summed E-state index contributed by atoms with van der Waals surface area (Å²) in [4.78, 5) is 28.9. The lowest BCUT2D eigenvalue weighted by molar-refractivity contribution is -0.134. The summed E-state index contributed by atoms with van der Waals surface area (Å²) in [6.45, 7) is 3.67. The second-order valence-corrected chi connectivity index (χ2v) is 6.82. The molecule has 0 aromatic carbocycles. The predicted octanol–water partition coefficient (Wildman–Crippen LogP) is 2.46. The van der Waals surface area contributed by atoms with Crippen LogP contribution in [0.15, 0.2) is 0 Å². The number of carbonyl (C=O) groups excluding carboxylic acids is 2. The van der Waals surface area contributed by atoms with Gasteiger partial charge in [-0.15, -0.1) is 0 Å². The molecular formula is C16H27N3O2. The molecule has 5 heteroatoms. The largest absolute Gasteiger partial charge is 0.326 e. The Kier molecular flexibility index (Phi) is 4.20. The summed E-state index contributed by atoms with van der Waals surface area (Å²) in [5, 5.41) is 3.00. The highest BCUT2D eigenvalue weighted by Crippen LogP contribution is 2.34. The summed E-state index contributed by atoms with van der Waals surface area (Å²) in [7, 11) is 0. The van der Waals surface area contributed by atoms with Crippen LogP contribution in [-0.4, -0.2) is 46.5 Å². The first-order valence-corrected chi connectivity index (χ1v) is 8.54. The van der Waals surface area contributed by atoms with Gasteiger partial charge in [-0.2, -0.15) is 0 Å². The quantitative estimate of drug-likeness (QED) is 0.813. The van der Waals surface area contributed by atoms with Crippen molar-refractivity contribution in [3.63, 3.8) is 0 Å². The summed E-state index contributed by atoms with van der Waals surface area (Å²) in [6, 6.07) is 0.338. The number of nitrogens with zero attached hydrogens (tertiary/aromatic N) is 2. The minimum absolute atomic E-state index is 0.0210. The van der Waals surface area contributed by atoms with Gasteiger partial charge in [0.1, 0.15) is 5.54 Å². The zero-order valence-corrected chi connectivity index (χ0v) is 13.1. The number of hydrogen-bond acceptors (Lipinski definition) is 3. The van der Waals surface area contributed by atoms with Crippen molar-refractivity contribution < 1.29 is 9.59 Å². The molecular weight excluding hydrogens is 266 g/mol. The van der Waals surface area contributed by atoms with E-state index in [2.05, 4.69) is 17.1 Å². The van der Waals surface area contributed by atoms with Gasteiger partial charge in [0.15, 0.2) is 0 Å². The van der Waals surface area contributed by atoms with Crippen LogP contribution >= 0.6 is 0 Å². The molecule has 5 nitrogen and oxygen atoms in total. The van der Waals surface area contributed by atoms with Crippen molar-refractivity contribution in [3.05, 3.63) is 0 Å². The van der Waals surface area contributed by atoms with Gasteiger partial charge in [0.25, 0.3) is 5.91 Å². The van der Waals surface area contributed by atoms with Crippen molar-refractivity contribution in [1.29, 1.82) is 0 Å². The van der Waals surface area contributed by atoms with E-state index in [9.17, 15) is 9.59 Å². The standard InChI is InChI=1S/C16H27N3O2/c1-2-13-8-4-7-11-18(13)12-19-14(20)16(17-15(19)21)9-5-3-6-10-16/h13H,2-12H2,1H3,(H,17,21). The molecule has 118 valence electrons. The molecule has 0 radical (unpaired) electrons. The topological polar surface area (TPSA) is 52.6 Å². The molecule has 21 heavy (non-hydrogen) atoms. The number of rotatable bonds is 3. The normalized spacial score (nSPS) is 30.0. The van der Waals surface area contributed by atoms with Crippen molar-refractivity contribution in [1.82, 2.24) is 15.1 Å². The summed E-state index contributed by atoms with van der Waals surface area (Å²) >= 11 is 0. The number of nitrogens with one attached hydrogen (secondary N) is 1. The minimum Gasteiger partial charge on any atom is -0.323 e. The molecule has 1 saturated carbocycles. The first-order chi connectivity index (χ1) is 10.2. The molecule has 1 atom stereocenters. The molecule has 0 aromatic rings. The Bertz CT molecular complexity index is 418. The number of hydrogen-bond donors (Lipinski definition) is 1. The first-order valence-electron chi connectivity index (χ1n) is 8.54. The molecule has 3 amide bonds. The Morgan fingerprint density at radius 1 is 1.14 bits per heavy atom. The maximum absolute atomic E-state index is 12.8. The van der Waals surface area contributed by atoms with E-state index < -0.39 is 5.54 Å². The van der Waals surface area contributed by atoms with Crippen molar-refractivity contribution in [2.75, 3.05) is 13.2 Å². The van der Waals surface area contributed by atoms with E-state index in [0.29, 0.717) is 12.7 Å². The average Bonchev–Trinajstić information content (AvgIpc) is 2.73. The van der Waals surface area contributed by atoms with Crippen LogP contribution in [0.1, 0.15) is 64.7 Å². The summed E-state index contributed by atoms with van der Waals surface area (Å²) in [6.07, 6.45) is 9.60. The molecule has 0 aromatic heterocycles. The Hall–Kier alpha value is -1.10. The number of likely N-dealkylation sites (tertiary alicyclic amines) is 1. The van der Waals surface area contributed by atoms with Gasteiger partial charge in [-0.05, 0) is 32.1 Å². The third-order valence-corrected chi connectivity index (χ3v) is 5.50. The molecule has 2 saturated heterocycles. The number of amides is 3. The van der Waals surface area contributed by atoms with Crippen molar-refractivity contribution >= 4 is 11.9 Å². The highest BCUT2D eigenvalue weighted by Gasteiger charge is 2.51. The smallest absolute Gasteiger partial charge is 0.323 e. The van der Waals surface area contributed by atoms with Crippen LogP contribution < -0.4 is 5.32 Å². The van der Waals surface area contributed by atoms with E-state index in [1.54, 1.807) is 0 Å². The Balaban J connectivity index is 1.70. The Morgan fingerprint density at radius 2 is 1.90 bits per heavy atom. The molecule has 2 aliphatic heterocycles. The Labute approximate surface area is 127 Å². The number of imide groups is 1. The molecule has 1 aliphatic carbocycles. The van der Waals surface area contributed by atoms with Gasteiger partial charge >= 0.3 is 6.03 Å². The van der Waals surface area contributed by atoms with Gasteiger partial charge in [0.05, 0.1) is 6.67 Å². The third kappa shape index (κ3) is 2.68. The highest BCUT2D eigenvalue weighted by molar-refractivity contribution is 6.07. The minimum atomic E-state index is -0.577. The molecule has 1 spiro atoms. The fraction of sp³-hybridized carbons (Fsp3) is 0.875. The van der Waals surface area contributed by atoms with Gasteiger partial charge in [-0.1, -0.05) is 32.6 Å². The summed E-state index contributed by atoms with van der Waals surface area (Å²) in [5.74, 6) is 0.0210. The van der Waals surface area contributed by atoms with Crippen molar-refractivity contribution in [2.24, 2.45) is 0 Å². The lowest BCUT2D eigenvalue weighted by Gasteiger charge is -2.37. The van der Waals surface area contributed by atoms with E-state index in [0.717, 1.165) is 38.6 Å². The third-order valence-electron chi connectivity index (χ3n) is 5.50. The van der Waals surface area contributed by atoms with Crippen LogP contribution in [-0.2, 0) is 4.79 Å². The molecule has 2 heterocycles. The fourth-order valence-corrected chi connectivity index (χ4v) is 4.19. The maximum atomic E-state index is 12.8. The van der Waals surface area contributed by atoms with Crippen LogP contribution in [0.3, 0.4) is 0 Å². The zero-order chi connectivity index (χ0) is 14.9. The molecule has 3 aliphatic rings. The second kappa shape index (κ2) is 5.95. The van der Waals surface area contributed by atoms with Crippen LogP contribution in [0.4, 0.5) is 4.79 Å². The van der Waals surface area contributed by atoms with Gasteiger partial charge in [-0.3, -0.25) is 9.69 Å². The molecule has 3 rings (SSSR count). The van der Waals surface area contributed by atoms with E-state index in [1.165, 1.54) is 30.6 Å². The lowest BCUT2D eigenvalue weighted by Crippen LogP contribution is -2.50. The number of piperidine rings is 1. The Morgan fingerprint density at radius 3 is 2.62 bits per heavy atom. The van der Waals surface area contributed by atoms with Crippen LogP contribution in [0, 0.1) is 0 Å². The highest BCUT2D eigenvalue weighted by atomic mass is 16.2. The van der Waals surface area contributed by atoms with Crippen LogP contribution in [0.5, 0.6) is 0 Å².